The topological polar surface area (TPSA) is 72.3 Å². The van der Waals surface area contributed by atoms with Gasteiger partial charge in [0.2, 0.25) is 0 Å². The van der Waals surface area contributed by atoms with Crippen molar-refractivity contribution in [1.29, 1.82) is 0 Å². The molecule has 1 unspecified atom stereocenters. The van der Waals surface area contributed by atoms with Crippen LogP contribution >= 0.6 is 0 Å². The fraction of sp³-hybridized carbons (Fsp3) is 0.455. The van der Waals surface area contributed by atoms with E-state index < -0.39 is 0 Å². The fourth-order valence-corrected chi connectivity index (χ4v) is 1.61. The summed E-state index contributed by atoms with van der Waals surface area (Å²) in [5.41, 5.74) is 15.7. The Morgan fingerprint density at radius 2 is 2.00 bits per heavy atom. The van der Waals surface area contributed by atoms with Gasteiger partial charge in [0.1, 0.15) is 0 Å². The number of rotatable bonds is 3. The van der Waals surface area contributed by atoms with Crippen LogP contribution in [-0.4, -0.2) is 11.7 Å². The van der Waals surface area contributed by atoms with Crippen LogP contribution in [0, 0.1) is 13.8 Å². The van der Waals surface area contributed by atoms with Crippen LogP contribution in [0.1, 0.15) is 29.2 Å². The maximum Gasteiger partial charge on any atom is 0.0449 e. The average Bonchev–Trinajstić information content (AvgIpc) is 2.11. The standard InChI is InChI=1S/C11H18N2O/c1-7-5-8(2)11(13)9(6-7)10(12)3-4-14/h5-6,10,14H,3-4,12-13H2,1-2H3. The van der Waals surface area contributed by atoms with E-state index in [1.807, 2.05) is 26.0 Å². The molecule has 1 aromatic carbocycles. The smallest absolute Gasteiger partial charge is 0.0449 e. The maximum atomic E-state index is 8.81. The van der Waals surface area contributed by atoms with Gasteiger partial charge in [-0.2, -0.15) is 0 Å². The number of hydrogen-bond donors (Lipinski definition) is 3. The van der Waals surface area contributed by atoms with E-state index in [0.29, 0.717) is 6.42 Å². The number of aliphatic hydroxyl groups is 1. The lowest BCUT2D eigenvalue weighted by atomic mass is 9.97. The molecule has 3 nitrogen and oxygen atoms in total. The van der Waals surface area contributed by atoms with Gasteiger partial charge in [-0.05, 0) is 31.4 Å². The van der Waals surface area contributed by atoms with Crippen LogP contribution in [-0.2, 0) is 0 Å². The normalized spacial score (nSPS) is 12.9. The second-order valence-electron chi connectivity index (χ2n) is 3.70. The minimum Gasteiger partial charge on any atom is -0.398 e. The summed E-state index contributed by atoms with van der Waals surface area (Å²) in [7, 11) is 0. The molecule has 5 N–H and O–H groups in total. The Morgan fingerprint density at radius 3 is 2.57 bits per heavy atom. The van der Waals surface area contributed by atoms with Gasteiger partial charge < -0.3 is 16.6 Å². The third-order valence-corrected chi connectivity index (χ3v) is 2.40. The number of benzene rings is 1. The van der Waals surface area contributed by atoms with Crippen molar-refractivity contribution in [2.75, 3.05) is 12.3 Å². The van der Waals surface area contributed by atoms with Crippen molar-refractivity contribution in [3.8, 4) is 0 Å². The number of hydrogen-bond acceptors (Lipinski definition) is 3. The number of nitrogens with two attached hydrogens (primary N) is 2. The summed E-state index contributed by atoms with van der Waals surface area (Å²) in [6, 6.07) is 3.85. The van der Waals surface area contributed by atoms with Gasteiger partial charge in [-0.1, -0.05) is 17.7 Å². The van der Waals surface area contributed by atoms with E-state index in [2.05, 4.69) is 0 Å². The first kappa shape index (κ1) is 11.0. The van der Waals surface area contributed by atoms with Crippen molar-refractivity contribution in [3.63, 3.8) is 0 Å². The van der Waals surface area contributed by atoms with Gasteiger partial charge in [-0.3, -0.25) is 0 Å². The lowest BCUT2D eigenvalue weighted by molar-refractivity contribution is 0.276. The molecule has 0 aliphatic heterocycles. The lowest BCUT2D eigenvalue weighted by Gasteiger charge is -2.16. The largest absolute Gasteiger partial charge is 0.398 e. The molecule has 1 atom stereocenters. The van der Waals surface area contributed by atoms with Crippen molar-refractivity contribution >= 4 is 5.69 Å². The Balaban J connectivity index is 3.07. The summed E-state index contributed by atoms with van der Waals surface area (Å²) in [6.07, 6.45) is 0.549. The van der Waals surface area contributed by atoms with E-state index in [1.54, 1.807) is 0 Å². The third-order valence-electron chi connectivity index (χ3n) is 2.40. The summed E-state index contributed by atoms with van der Waals surface area (Å²) >= 11 is 0. The van der Waals surface area contributed by atoms with Crippen LogP contribution in [0.25, 0.3) is 0 Å². The molecule has 1 aromatic rings. The van der Waals surface area contributed by atoms with Crippen molar-refractivity contribution in [2.24, 2.45) is 5.73 Å². The van der Waals surface area contributed by atoms with Gasteiger partial charge >= 0.3 is 0 Å². The zero-order chi connectivity index (χ0) is 10.7. The third kappa shape index (κ3) is 2.25. The molecule has 0 aromatic heterocycles. The second-order valence-corrected chi connectivity index (χ2v) is 3.70. The van der Waals surface area contributed by atoms with E-state index in [4.69, 9.17) is 16.6 Å². The van der Waals surface area contributed by atoms with Crippen LogP contribution < -0.4 is 11.5 Å². The molecule has 78 valence electrons. The summed E-state index contributed by atoms with van der Waals surface area (Å²) in [5.74, 6) is 0. The molecule has 0 aliphatic rings. The molecular formula is C11H18N2O. The molecule has 0 heterocycles. The highest BCUT2D eigenvalue weighted by molar-refractivity contribution is 5.56. The first-order chi connectivity index (χ1) is 6.56. The van der Waals surface area contributed by atoms with E-state index in [9.17, 15) is 0 Å². The van der Waals surface area contributed by atoms with E-state index >= 15 is 0 Å². The highest BCUT2D eigenvalue weighted by atomic mass is 16.3. The molecule has 0 saturated carbocycles. The Labute approximate surface area is 84.7 Å². The number of aliphatic hydroxyl groups excluding tert-OH is 1. The molecule has 0 bridgehead atoms. The highest BCUT2D eigenvalue weighted by Crippen LogP contribution is 2.25. The number of anilines is 1. The average molecular weight is 194 g/mol. The van der Waals surface area contributed by atoms with Crippen LogP contribution in [0.5, 0.6) is 0 Å². The molecular weight excluding hydrogens is 176 g/mol. The van der Waals surface area contributed by atoms with Gasteiger partial charge in [0, 0.05) is 18.3 Å². The van der Waals surface area contributed by atoms with Gasteiger partial charge in [0.05, 0.1) is 0 Å². The first-order valence-corrected chi connectivity index (χ1v) is 4.79. The summed E-state index contributed by atoms with van der Waals surface area (Å²) in [6.45, 7) is 4.08. The summed E-state index contributed by atoms with van der Waals surface area (Å²) in [4.78, 5) is 0. The van der Waals surface area contributed by atoms with E-state index in [0.717, 1.165) is 22.4 Å². The quantitative estimate of drug-likeness (QED) is 0.634. The van der Waals surface area contributed by atoms with Crippen molar-refractivity contribution in [1.82, 2.24) is 0 Å². The van der Waals surface area contributed by atoms with Crippen molar-refractivity contribution in [2.45, 2.75) is 26.3 Å². The minimum atomic E-state index is -0.168. The van der Waals surface area contributed by atoms with Crippen molar-refractivity contribution in [3.05, 3.63) is 28.8 Å². The Kier molecular flexibility index (Phi) is 3.49. The maximum absolute atomic E-state index is 8.81. The van der Waals surface area contributed by atoms with Gasteiger partial charge in [-0.25, -0.2) is 0 Å². The zero-order valence-electron chi connectivity index (χ0n) is 8.75. The van der Waals surface area contributed by atoms with Crippen LogP contribution in [0.15, 0.2) is 12.1 Å². The molecule has 0 fully saturated rings. The van der Waals surface area contributed by atoms with Crippen LogP contribution in [0.2, 0.25) is 0 Å². The van der Waals surface area contributed by atoms with Gasteiger partial charge in [0.15, 0.2) is 0 Å². The van der Waals surface area contributed by atoms with Gasteiger partial charge in [-0.15, -0.1) is 0 Å². The number of nitrogen functional groups attached to an aromatic ring is 1. The van der Waals surface area contributed by atoms with Gasteiger partial charge in [0.25, 0.3) is 0 Å². The Morgan fingerprint density at radius 1 is 1.36 bits per heavy atom. The molecule has 0 spiro atoms. The van der Waals surface area contributed by atoms with E-state index in [-0.39, 0.29) is 12.6 Å². The predicted octanol–water partition coefficient (Wildman–Crippen LogP) is 1.27. The minimum absolute atomic E-state index is 0.0909. The second kappa shape index (κ2) is 4.44. The Bertz CT molecular complexity index is 323. The molecule has 3 heteroatoms. The molecule has 0 saturated heterocycles. The summed E-state index contributed by atoms with van der Waals surface area (Å²) in [5, 5.41) is 8.81. The fourth-order valence-electron chi connectivity index (χ4n) is 1.61. The van der Waals surface area contributed by atoms with E-state index in [1.165, 1.54) is 0 Å². The SMILES string of the molecule is Cc1cc(C)c(N)c(C(N)CCO)c1. The lowest BCUT2D eigenvalue weighted by Crippen LogP contribution is -2.14. The number of aryl methyl sites for hydroxylation is 2. The molecule has 0 aliphatic carbocycles. The summed E-state index contributed by atoms with van der Waals surface area (Å²) < 4.78 is 0. The predicted molar refractivity (Wildman–Crippen MR) is 59.0 cm³/mol. The monoisotopic (exact) mass is 194 g/mol. The molecule has 14 heavy (non-hydrogen) atoms. The van der Waals surface area contributed by atoms with Crippen molar-refractivity contribution < 1.29 is 5.11 Å². The Hall–Kier alpha value is -1.06. The zero-order valence-corrected chi connectivity index (χ0v) is 8.75. The molecule has 0 amide bonds. The first-order valence-electron chi connectivity index (χ1n) is 4.79. The van der Waals surface area contributed by atoms with Crippen LogP contribution in [0.3, 0.4) is 0 Å². The van der Waals surface area contributed by atoms with Crippen LogP contribution in [0.4, 0.5) is 5.69 Å². The molecule has 1 rings (SSSR count). The highest BCUT2D eigenvalue weighted by Gasteiger charge is 2.10. The molecule has 0 radical (unpaired) electrons.